The van der Waals surface area contributed by atoms with E-state index < -0.39 is 6.36 Å². The van der Waals surface area contributed by atoms with Crippen LogP contribution in [0.4, 0.5) is 13.2 Å². The van der Waals surface area contributed by atoms with Crippen molar-refractivity contribution in [3.05, 3.63) is 59.7 Å². The molecule has 0 bridgehead atoms. The average molecular weight is 352 g/mol. The van der Waals surface area contributed by atoms with Gasteiger partial charge in [0.25, 0.3) is 0 Å². The zero-order valence-electron chi connectivity index (χ0n) is 14.6. The van der Waals surface area contributed by atoms with Gasteiger partial charge in [-0.05, 0) is 53.6 Å². The summed E-state index contributed by atoms with van der Waals surface area (Å²) < 4.78 is 46.7. The molecule has 0 aliphatic heterocycles. The molecule has 2 rings (SSSR count). The maximum atomic E-state index is 12.3. The molecule has 2 aromatic carbocycles. The Kier molecular flexibility index (Phi) is 6.34. The van der Waals surface area contributed by atoms with Crippen molar-refractivity contribution >= 4 is 0 Å². The Bertz CT molecular complexity index is 681. The van der Waals surface area contributed by atoms with E-state index in [0.717, 1.165) is 11.3 Å². The molecular weight excluding hydrogens is 329 g/mol. The number of alkyl halides is 3. The zero-order chi connectivity index (χ0) is 18.4. The molecule has 136 valence electrons. The Labute approximate surface area is 146 Å². The third-order valence-corrected chi connectivity index (χ3v) is 4.01. The standard InChI is InChI=1S/C20H23F3O2/c1-14(2)16-6-4-8-18(12-16)24-11-10-15(3)17-7-5-9-19(13-17)25-20(21,22)23/h4-9,12-15H,10-11H2,1-3H3. The third-order valence-electron chi connectivity index (χ3n) is 4.01. The highest BCUT2D eigenvalue weighted by molar-refractivity contribution is 5.31. The summed E-state index contributed by atoms with van der Waals surface area (Å²) in [4.78, 5) is 0. The molecule has 0 N–H and O–H groups in total. The minimum Gasteiger partial charge on any atom is -0.494 e. The van der Waals surface area contributed by atoms with Crippen LogP contribution in [0.2, 0.25) is 0 Å². The first kappa shape index (κ1) is 19.2. The van der Waals surface area contributed by atoms with Crippen molar-refractivity contribution in [2.75, 3.05) is 6.61 Å². The Morgan fingerprint density at radius 1 is 0.880 bits per heavy atom. The molecule has 0 radical (unpaired) electrons. The van der Waals surface area contributed by atoms with Gasteiger partial charge in [0, 0.05) is 0 Å². The molecule has 2 nitrogen and oxygen atoms in total. The van der Waals surface area contributed by atoms with Gasteiger partial charge >= 0.3 is 6.36 Å². The topological polar surface area (TPSA) is 18.5 Å². The van der Waals surface area contributed by atoms with Crippen molar-refractivity contribution in [2.45, 2.75) is 45.4 Å². The summed E-state index contributed by atoms with van der Waals surface area (Å²) >= 11 is 0. The molecule has 5 heteroatoms. The van der Waals surface area contributed by atoms with Crippen LogP contribution in [0.5, 0.6) is 11.5 Å². The van der Waals surface area contributed by atoms with Gasteiger partial charge in [-0.3, -0.25) is 0 Å². The molecular formula is C20H23F3O2. The summed E-state index contributed by atoms with van der Waals surface area (Å²) in [6, 6.07) is 14.1. The summed E-state index contributed by atoms with van der Waals surface area (Å²) in [6.45, 7) is 6.70. The van der Waals surface area contributed by atoms with Crippen molar-refractivity contribution < 1.29 is 22.6 Å². The van der Waals surface area contributed by atoms with E-state index in [1.807, 2.05) is 25.1 Å². The molecule has 0 aliphatic carbocycles. The molecule has 0 aliphatic rings. The second-order valence-electron chi connectivity index (χ2n) is 6.39. The Morgan fingerprint density at radius 2 is 1.48 bits per heavy atom. The normalized spacial score (nSPS) is 12.9. The van der Waals surface area contributed by atoms with Gasteiger partial charge in [-0.2, -0.15) is 0 Å². The molecule has 0 saturated carbocycles. The van der Waals surface area contributed by atoms with Gasteiger partial charge in [-0.1, -0.05) is 45.0 Å². The van der Waals surface area contributed by atoms with Crippen LogP contribution in [0.25, 0.3) is 0 Å². The molecule has 0 saturated heterocycles. The predicted octanol–water partition coefficient (Wildman–Crippen LogP) is 6.28. The van der Waals surface area contributed by atoms with Crippen LogP contribution in [0.3, 0.4) is 0 Å². The van der Waals surface area contributed by atoms with Crippen LogP contribution < -0.4 is 9.47 Å². The van der Waals surface area contributed by atoms with Gasteiger partial charge in [0.1, 0.15) is 11.5 Å². The van der Waals surface area contributed by atoms with Crippen LogP contribution in [0.1, 0.15) is 50.2 Å². The van der Waals surface area contributed by atoms with E-state index in [-0.39, 0.29) is 11.7 Å². The summed E-state index contributed by atoms with van der Waals surface area (Å²) in [5, 5.41) is 0. The number of benzene rings is 2. The fraction of sp³-hybridized carbons (Fsp3) is 0.400. The van der Waals surface area contributed by atoms with E-state index in [0.29, 0.717) is 18.9 Å². The van der Waals surface area contributed by atoms with Gasteiger partial charge in [0.15, 0.2) is 0 Å². The summed E-state index contributed by atoms with van der Waals surface area (Å²) in [5.74, 6) is 1.11. The molecule has 25 heavy (non-hydrogen) atoms. The van der Waals surface area contributed by atoms with Crippen molar-refractivity contribution in [2.24, 2.45) is 0 Å². The molecule has 2 aromatic rings. The van der Waals surface area contributed by atoms with Crippen molar-refractivity contribution in [3.8, 4) is 11.5 Å². The number of hydrogen-bond acceptors (Lipinski definition) is 2. The Hall–Kier alpha value is -2.17. The van der Waals surface area contributed by atoms with E-state index in [2.05, 4.69) is 24.7 Å². The number of halogens is 3. The number of hydrogen-bond donors (Lipinski definition) is 0. The second-order valence-corrected chi connectivity index (χ2v) is 6.39. The Balaban J connectivity index is 1.91. The average Bonchev–Trinajstić information content (AvgIpc) is 2.53. The maximum absolute atomic E-state index is 12.3. The van der Waals surface area contributed by atoms with Gasteiger partial charge in [-0.25, -0.2) is 0 Å². The fourth-order valence-corrected chi connectivity index (χ4v) is 2.50. The SMILES string of the molecule is CC(C)c1cccc(OCCC(C)c2cccc(OC(F)(F)F)c2)c1. The predicted molar refractivity (Wildman–Crippen MR) is 92.2 cm³/mol. The van der Waals surface area contributed by atoms with Gasteiger partial charge in [0.2, 0.25) is 0 Å². The lowest BCUT2D eigenvalue weighted by atomic mass is 9.98. The monoisotopic (exact) mass is 352 g/mol. The molecule has 1 unspecified atom stereocenters. The minimum absolute atomic E-state index is 0.0602. The lowest BCUT2D eigenvalue weighted by Crippen LogP contribution is -2.17. The van der Waals surface area contributed by atoms with Crippen LogP contribution in [0.15, 0.2) is 48.5 Å². The molecule has 0 spiro atoms. The molecule has 0 amide bonds. The highest BCUT2D eigenvalue weighted by Gasteiger charge is 2.31. The minimum atomic E-state index is -4.67. The van der Waals surface area contributed by atoms with Crippen LogP contribution in [-0.2, 0) is 0 Å². The first-order chi connectivity index (χ1) is 11.7. The first-order valence-corrected chi connectivity index (χ1v) is 8.33. The van der Waals surface area contributed by atoms with Gasteiger partial charge in [0.05, 0.1) is 6.61 Å². The van der Waals surface area contributed by atoms with E-state index in [9.17, 15) is 13.2 Å². The molecule has 0 fully saturated rings. The highest BCUT2D eigenvalue weighted by atomic mass is 19.4. The second kappa shape index (κ2) is 8.28. The summed E-state index contributed by atoms with van der Waals surface area (Å²) in [5.41, 5.74) is 2.00. The van der Waals surface area contributed by atoms with Crippen LogP contribution >= 0.6 is 0 Å². The summed E-state index contributed by atoms with van der Waals surface area (Å²) in [7, 11) is 0. The van der Waals surface area contributed by atoms with Crippen LogP contribution in [-0.4, -0.2) is 13.0 Å². The van der Waals surface area contributed by atoms with Crippen LogP contribution in [0, 0.1) is 0 Å². The Morgan fingerprint density at radius 3 is 2.12 bits per heavy atom. The lowest BCUT2D eigenvalue weighted by molar-refractivity contribution is -0.274. The quantitative estimate of drug-likeness (QED) is 0.584. The van der Waals surface area contributed by atoms with Crippen molar-refractivity contribution in [1.29, 1.82) is 0 Å². The fourth-order valence-electron chi connectivity index (χ4n) is 2.50. The highest BCUT2D eigenvalue weighted by Crippen LogP contribution is 2.28. The van der Waals surface area contributed by atoms with Crippen molar-refractivity contribution in [3.63, 3.8) is 0 Å². The molecule has 0 aromatic heterocycles. The zero-order valence-corrected chi connectivity index (χ0v) is 14.6. The number of ether oxygens (including phenoxy) is 2. The number of rotatable bonds is 7. The largest absolute Gasteiger partial charge is 0.573 e. The van der Waals surface area contributed by atoms with Gasteiger partial charge < -0.3 is 9.47 Å². The van der Waals surface area contributed by atoms with Gasteiger partial charge in [-0.15, -0.1) is 13.2 Å². The molecule has 1 atom stereocenters. The van der Waals surface area contributed by atoms with E-state index in [1.165, 1.54) is 17.7 Å². The first-order valence-electron chi connectivity index (χ1n) is 8.33. The van der Waals surface area contributed by atoms with E-state index in [1.54, 1.807) is 12.1 Å². The lowest BCUT2D eigenvalue weighted by Gasteiger charge is -2.15. The maximum Gasteiger partial charge on any atom is 0.573 e. The van der Waals surface area contributed by atoms with E-state index >= 15 is 0 Å². The smallest absolute Gasteiger partial charge is 0.494 e. The third kappa shape index (κ3) is 6.33. The van der Waals surface area contributed by atoms with E-state index in [4.69, 9.17) is 4.74 Å². The molecule has 0 heterocycles. The summed E-state index contributed by atoms with van der Waals surface area (Å²) in [6.07, 6.45) is -3.98. The van der Waals surface area contributed by atoms with Crippen molar-refractivity contribution in [1.82, 2.24) is 0 Å².